The first kappa shape index (κ1) is 13.5. The SMILES string of the molecule is NC(=O)Cc1ccccc1NC(=O)c1cc[nH]c(=O)c1. The molecule has 0 fully saturated rings. The Morgan fingerprint density at radius 2 is 1.95 bits per heavy atom. The number of carbonyl (C=O) groups is 2. The Labute approximate surface area is 114 Å². The number of aromatic amines is 1. The fourth-order valence-corrected chi connectivity index (χ4v) is 1.76. The van der Waals surface area contributed by atoms with Gasteiger partial charge in [0.2, 0.25) is 11.5 Å². The van der Waals surface area contributed by atoms with Crippen molar-refractivity contribution in [1.82, 2.24) is 4.98 Å². The number of rotatable bonds is 4. The average Bonchev–Trinajstić information content (AvgIpc) is 2.40. The zero-order chi connectivity index (χ0) is 14.5. The van der Waals surface area contributed by atoms with Gasteiger partial charge in [0.25, 0.3) is 5.91 Å². The molecule has 0 saturated carbocycles. The summed E-state index contributed by atoms with van der Waals surface area (Å²) < 4.78 is 0. The van der Waals surface area contributed by atoms with E-state index in [1.54, 1.807) is 24.3 Å². The topological polar surface area (TPSA) is 105 Å². The van der Waals surface area contributed by atoms with Crippen LogP contribution in [-0.2, 0) is 11.2 Å². The van der Waals surface area contributed by atoms with Gasteiger partial charge in [-0.25, -0.2) is 0 Å². The smallest absolute Gasteiger partial charge is 0.255 e. The van der Waals surface area contributed by atoms with Crippen molar-refractivity contribution in [2.75, 3.05) is 5.32 Å². The number of primary amides is 1. The number of pyridine rings is 1. The summed E-state index contributed by atoms with van der Waals surface area (Å²) >= 11 is 0. The van der Waals surface area contributed by atoms with E-state index < -0.39 is 11.8 Å². The Hall–Kier alpha value is -2.89. The van der Waals surface area contributed by atoms with Gasteiger partial charge in [-0.2, -0.15) is 0 Å². The van der Waals surface area contributed by atoms with Gasteiger partial charge in [0.05, 0.1) is 6.42 Å². The molecular formula is C14H13N3O3. The van der Waals surface area contributed by atoms with Crippen LogP contribution in [0.2, 0.25) is 0 Å². The Morgan fingerprint density at radius 1 is 1.20 bits per heavy atom. The monoisotopic (exact) mass is 271 g/mol. The van der Waals surface area contributed by atoms with E-state index in [1.807, 2.05) is 0 Å². The van der Waals surface area contributed by atoms with E-state index >= 15 is 0 Å². The van der Waals surface area contributed by atoms with Crippen molar-refractivity contribution in [3.63, 3.8) is 0 Å². The zero-order valence-corrected chi connectivity index (χ0v) is 10.6. The molecule has 0 unspecified atom stereocenters. The standard InChI is InChI=1S/C14H13N3O3/c15-12(18)7-9-3-1-2-4-11(9)17-14(20)10-5-6-16-13(19)8-10/h1-6,8H,7H2,(H2,15,18)(H,16,19)(H,17,20). The molecule has 0 radical (unpaired) electrons. The van der Waals surface area contributed by atoms with Crippen LogP contribution in [-0.4, -0.2) is 16.8 Å². The third-order valence-corrected chi connectivity index (χ3v) is 2.67. The fourth-order valence-electron chi connectivity index (χ4n) is 1.76. The highest BCUT2D eigenvalue weighted by Gasteiger charge is 2.10. The summed E-state index contributed by atoms with van der Waals surface area (Å²) in [5, 5.41) is 2.66. The largest absolute Gasteiger partial charge is 0.369 e. The van der Waals surface area contributed by atoms with E-state index in [2.05, 4.69) is 10.3 Å². The minimum absolute atomic E-state index is 0.0336. The van der Waals surface area contributed by atoms with Crippen LogP contribution in [0.3, 0.4) is 0 Å². The molecule has 0 bridgehead atoms. The third-order valence-electron chi connectivity index (χ3n) is 2.67. The predicted octanol–water partition coefficient (Wildman–Crippen LogP) is 0.655. The lowest BCUT2D eigenvalue weighted by atomic mass is 10.1. The van der Waals surface area contributed by atoms with Crippen molar-refractivity contribution in [1.29, 1.82) is 0 Å². The van der Waals surface area contributed by atoms with Crippen molar-refractivity contribution in [2.45, 2.75) is 6.42 Å². The molecule has 0 atom stereocenters. The minimum Gasteiger partial charge on any atom is -0.369 e. The maximum absolute atomic E-state index is 12.0. The van der Waals surface area contributed by atoms with Crippen LogP contribution in [0.15, 0.2) is 47.4 Å². The maximum Gasteiger partial charge on any atom is 0.255 e. The van der Waals surface area contributed by atoms with E-state index in [0.29, 0.717) is 11.3 Å². The lowest BCUT2D eigenvalue weighted by molar-refractivity contribution is -0.117. The number of para-hydroxylation sites is 1. The van der Waals surface area contributed by atoms with Crippen LogP contribution >= 0.6 is 0 Å². The van der Waals surface area contributed by atoms with E-state index in [9.17, 15) is 14.4 Å². The highest BCUT2D eigenvalue weighted by Crippen LogP contribution is 2.16. The Bertz CT molecular complexity index is 707. The Kier molecular flexibility index (Phi) is 3.95. The van der Waals surface area contributed by atoms with Crippen molar-refractivity contribution in [3.05, 3.63) is 64.1 Å². The first-order valence-electron chi connectivity index (χ1n) is 5.92. The van der Waals surface area contributed by atoms with Crippen molar-refractivity contribution >= 4 is 17.5 Å². The van der Waals surface area contributed by atoms with Gasteiger partial charge < -0.3 is 16.0 Å². The number of anilines is 1. The van der Waals surface area contributed by atoms with E-state index in [1.165, 1.54) is 18.3 Å². The van der Waals surface area contributed by atoms with Crippen LogP contribution < -0.4 is 16.6 Å². The summed E-state index contributed by atoms with van der Waals surface area (Å²) in [6.07, 6.45) is 1.43. The normalized spacial score (nSPS) is 10.0. The first-order chi connectivity index (χ1) is 9.56. The van der Waals surface area contributed by atoms with E-state index in [4.69, 9.17) is 5.73 Å². The van der Waals surface area contributed by atoms with Gasteiger partial charge in [0, 0.05) is 23.5 Å². The molecule has 1 aromatic heterocycles. The summed E-state index contributed by atoms with van der Waals surface area (Å²) in [6, 6.07) is 9.56. The molecule has 6 heteroatoms. The summed E-state index contributed by atoms with van der Waals surface area (Å²) in [4.78, 5) is 36.6. The van der Waals surface area contributed by atoms with Crippen LogP contribution in [0.4, 0.5) is 5.69 Å². The van der Waals surface area contributed by atoms with Gasteiger partial charge in [-0.3, -0.25) is 14.4 Å². The number of aromatic nitrogens is 1. The molecule has 0 aliphatic carbocycles. The Morgan fingerprint density at radius 3 is 2.65 bits per heavy atom. The Balaban J connectivity index is 2.24. The molecular weight excluding hydrogens is 258 g/mol. The van der Waals surface area contributed by atoms with Gasteiger partial charge in [-0.05, 0) is 17.7 Å². The number of hydrogen-bond acceptors (Lipinski definition) is 3. The molecule has 0 spiro atoms. The molecule has 2 amide bonds. The zero-order valence-electron chi connectivity index (χ0n) is 10.6. The number of benzene rings is 1. The lowest BCUT2D eigenvalue weighted by Gasteiger charge is -2.09. The fraction of sp³-hybridized carbons (Fsp3) is 0.0714. The molecule has 0 saturated heterocycles. The van der Waals surface area contributed by atoms with Crippen molar-refractivity contribution < 1.29 is 9.59 Å². The number of amides is 2. The molecule has 0 aliphatic heterocycles. The first-order valence-corrected chi connectivity index (χ1v) is 5.92. The van der Waals surface area contributed by atoms with Crippen molar-refractivity contribution in [3.8, 4) is 0 Å². The summed E-state index contributed by atoms with van der Waals surface area (Å²) in [5.74, 6) is -0.907. The van der Waals surface area contributed by atoms with E-state index in [-0.39, 0.29) is 17.5 Å². The lowest BCUT2D eigenvalue weighted by Crippen LogP contribution is -2.18. The van der Waals surface area contributed by atoms with Gasteiger partial charge in [-0.1, -0.05) is 18.2 Å². The average molecular weight is 271 g/mol. The quantitative estimate of drug-likeness (QED) is 0.760. The van der Waals surface area contributed by atoms with E-state index in [0.717, 1.165) is 0 Å². The van der Waals surface area contributed by atoms with Crippen LogP contribution in [0, 0.1) is 0 Å². The molecule has 20 heavy (non-hydrogen) atoms. The molecule has 1 heterocycles. The second-order valence-electron chi connectivity index (χ2n) is 4.20. The van der Waals surface area contributed by atoms with Gasteiger partial charge in [-0.15, -0.1) is 0 Å². The maximum atomic E-state index is 12.0. The van der Waals surface area contributed by atoms with Crippen molar-refractivity contribution in [2.24, 2.45) is 5.73 Å². The number of nitrogens with two attached hydrogens (primary N) is 1. The summed E-state index contributed by atoms with van der Waals surface area (Å²) in [5.41, 5.74) is 6.16. The predicted molar refractivity (Wildman–Crippen MR) is 74.4 cm³/mol. The highest BCUT2D eigenvalue weighted by molar-refractivity contribution is 6.04. The number of H-pyrrole nitrogens is 1. The molecule has 0 aliphatic rings. The highest BCUT2D eigenvalue weighted by atomic mass is 16.2. The number of hydrogen-bond donors (Lipinski definition) is 3. The summed E-state index contributed by atoms with van der Waals surface area (Å²) in [7, 11) is 0. The van der Waals surface area contributed by atoms with Gasteiger partial charge in [0.1, 0.15) is 0 Å². The van der Waals surface area contributed by atoms with Gasteiger partial charge >= 0.3 is 0 Å². The van der Waals surface area contributed by atoms with Gasteiger partial charge in [0.15, 0.2) is 0 Å². The van der Waals surface area contributed by atoms with Crippen LogP contribution in [0.5, 0.6) is 0 Å². The van der Waals surface area contributed by atoms with Crippen LogP contribution in [0.1, 0.15) is 15.9 Å². The molecule has 2 aromatic rings. The number of nitrogens with one attached hydrogen (secondary N) is 2. The minimum atomic E-state index is -0.483. The van der Waals surface area contributed by atoms with Crippen LogP contribution in [0.25, 0.3) is 0 Å². The summed E-state index contributed by atoms with van der Waals surface area (Å²) in [6.45, 7) is 0. The second kappa shape index (κ2) is 5.83. The molecule has 2 rings (SSSR count). The molecule has 1 aromatic carbocycles. The molecule has 6 nitrogen and oxygen atoms in total. The number of carbonyl (C=O) groups excluding carboxylic acids is 2. The molecule has 102 valence electrons. The third kappa shape index (κ3) is 3.32. The molecule has 4 N–H and O–H groups in total. The second-order valence-corrected chi connectivity index (χ2v) is 4.20.